The zero-order chi connectivity index (χ0) is 7.52. The molecule has 1 saturated carbocycles. The fraction of sp³-hybridized carbons (Fsp3) is 0.900. The standard InChI is InChI=1S/C10H18N/c1-2-4-6-10-9(5-3-1)7-8-11-10/h8-11H,1-7H2. The highest BCUT2D eigenvalue weighted by molar-refractivity contribution is 4.90. The van der Waals surface area contributed by atoms with E-state index in [1.54, 1.807) is 0 Å². The van der Waals surface area contributed by atoms with Crippen molar-refractivity contribution in [3.63, 3.8) is 0 Å². The first-order valence-corrected chi connectivity index (χ1v) is 5.04. The Kier molecular flexibility index (Phi) is 2.47. The minimum atomic E-state index is 0.843. The molecule has 1 aliphatic heterocycles. The van der Waals surface area contributed by atoms with Crippen LogP contribution in [0.3, 0.4) is 0 Å². The molecule has 1 radical (unpaired) electrons. The lowest BCUT2D eigenvalue weighted by molar-refractivity contribution is 0.348. The monoisotopic (exact) mass is 152 g/mol. The molecule has 11 heavy (non-hydrogen) atoms. The van der Waals surface area contributed by atoms with Gasteiger partial charge in [-0.15, -0.1) is 0 Å². The quantitative estimate of drug-likeness (QED) is 0.562. The van der Waals surface area contributed by atoms with Crippen LogP contribution < -0.4 is 5.32 Å². The van der Waals surface area contributed by atoms with Gasteiger partial charge in [-0.3, -0.25) is 0 Å². The molecule has 0 aromatic heterocycles. The molecule has 0 aromatic rings. The van der Waals surface area contributed by atoms with E-state index in [9.17, 15) is 0 Å². The Bertz CT molecular complexity index is 108. The minimum Gasteiger partial charge on any atom is -0.309 e. The average molecular weight is 152 g/mol. The molecule has 1 N–H and O–H groups in total. The molecule has 2 rings (SSSR count). The molecule has 1 heteroatoms. The maximum absolute atomic E-state index is 3.50. The summed E-state index contributed by atoms with van der Waals surface area (Å²) < 4.78 is 0. The van der Waals surface area contributed by atoms with E-state index in [1.807, 2.05) is 0 Å². The van der Waals surface area contributed by atoms with Gasteiger partial charge in [-0.2, -0.15) is 0 Å². The van der Waals surface area contributed by atoms with Crippen LogP contribution in [0.1, 0.15) is 44.9 Å². The molecule has 2 aliphatic rings. The van der Waals surface area contributed by atoms with Gasteiger partial charge in [0, 0.05) is 12.6 Å². The third-order valence-corrected chi connectivity index (χ3v) is 3.16. The van der Waals surface area contributed by atoms with Crippen LogP contribution in [0.4, 0.5) is 0 Å². The number of hydrogen-bond donors (Lipinski definition) is 1. The summed E-state index contributed by atoms with van der Waals surface area (Å²) in [6.45, 7) is 2.28. The summed E-state index contributed by atoms with van der Waals surface area (Å²) in [7, 11) is 0. The third kappa shape index (κ3) is 1.76. The molecule has 0 bridgehead atoms. The maximum Gasteiger partial charge on any atom is 0.0227 e. The predicted molar refractivity (Wildman–Crippen MR) is 47.0 cm³/mol. The molecular weight excluding hydrogens is 134 g/mol. The molecule has 0 amide bonds. The first-order chi connectivity index (χ1) is 5.47. The number of rotatable bonds is 0. The summed E-state index contributed by atoms with van der Waals surface area (Å²) in [5.41, 5.74) is 0. The topological polar surface area (TPSA) is 12.0 Å². The van der Waals surface area contributed by atoms with Gasteiger partial charge < -0.3 is 5.32 Å². The lowest BCUT2D eigenvalue weighted by Crippen LogP contribution is -2.26. The Morgan fingerprint density at radius 3 is 2.73 bits per heavy atom. The van der Waals surface area contributed by atoms with E-state index >= 15 is 0 Å². The van der Waals surface area contributed by atoms with Crippen LogP contribution in [0.5, 0.6) is 0 Å². The summed E-state index contributed by atoms with van der Waals surface area (Å²) in [6.07, 6.45) is 10.1. The number of nitrogens with one attached hydrogen (secondary N) is 1. The normalized spacial score (nSPS) is 39.3. The van der Waals surface area contributed by atoms with Crippen molar-refractivity contribution in [1.29, 1.82) is 0 Å². The van der Waals surface area contributed by atoms with E-state index < -0.39 is 0 Å². The van der Waals surface area contributed by atoms with Crippen molar-refractivity contribution in [3.05, 3.63) is 6.54 Å². The van der Waals surface area contributed by atoms with Crippen molar-refractivity contribution in [2.24, 2.45) is 5.92 Å². The molecular formula is C10H18N. The van der Waals surface area contributed by atoms with E-state index in [2.05, 4.69) is 11.9 Å². The van der Waals surface area contributed by atoms with Gasteiger partial charge in [0.05, 0.1) is 0 Å². The van der Waals surface area contributed by atoms with Gasteiger partial charge >= 0.3 is 0 Å². The number of fused-ring (bicyclic) bond motifs is 1. The fourth-order valence-corrected chi connectivity index (χ4v) is 2.43. The molecule has 0 spiro atoms. The van der Waals surface area contributed by atoms with Gasteiger partial charge in [0.2, 0.25) is 0 Å². The van der Waals surface area contributed by atoms with E-state index in [0.717, 1.165) is 12.0 Å². The Hall–Kier alpha value is -0.0400. The highest BCUT2D eigenvalue weighted by Crippen LogP contribution is 2.29. The maximum atomic E-state index is 3.50. The van der Waals surface area contributed by atoms with Crippen LogP contribution in [-0.4, -0.2) is 6.04 Å². The highest BCUT2D eigenvalue weighted by atomic mass is 14.9. The SMILES string of the molecule is [CH]1CC2CCCCCCC2N1. The smallest absolute Gasteiger partial charge is 0.0227 e. The van der Waals surface area contributed by atoms with Crippen LogP contribution in [0, 0.1) is 12.5 Å². The molecule has 2 atom stereocenters. The summed E-state index contributed by atoms with van der Waals surface area (Å²) in [5, 5.41) is 3.50. The minimum absolute atomic E-state index is 0.843. The summed E-state index contributed by atoms with van der Waals surface area (Å²) in [4.78, 5) is 0. The van der Waals surface area contributed by atoms with Crippen molar-refractivity contribution in [2.75, 3.05) is 0 Å². The lowest BCUT2D eigenvalue weighted by Gasteiger charge is -2.21. The van der Waals surface area contributed by atoms with Crippen molar-refractivity contribution in [3.8, 4) is 0 Å². The van der Waals surface area contributed by atoms with E-state index in [1.165, 1.54) is 44.9 Å². The van der Waals surface area contributed by atoms with Gasteiger partial charge in [-0.25, -0.2) is 0 Å². The largest absolute Gasteiger partial charge is 0.309 e. The third-order valence-electron chi connectivity index (χ3n) is 3.16. The Labute approximate surface area is 69.6 Å². The van der Waals surface area contributed by atoms with Gasteiger partial charge in [-0.1, -0.05) is 25.7 Å². The van der Waals surface area contributed by atoms with Crippen LogP contribution in [0.2, 0.25) is 0 Å². The van der Waals surface area contributed by atoms with Crippen LogP contribution >= 0.6 is 0 Å². The molecule has 63 valence electrons. The Balaban J connectivity index is 1.89. The lowest BCUT2D eigenvalue weighted by atomic mass is 9.88. The second-order valence-corrected chi connectivity index (χ2v) is 3.96. The summed E-state index contributed by atoms with van der Waals surface area (Å²) in [5.74, 6) is 0.982. The van der Waals surface area contributed by atoms with Gasteiger partial charge in [0.1, 0.15) is 0 Å². The van der Waals surface area contributed by atoms with E-state index in [4.69, 9.17) is 0 Å². The van der Waals surface area contributed by atoms with Crippen molar-refractivity contribution in [2.45, 2.75) is 51.0 Å². The molecule has 1 nitrogen and oxygen atoms in total. The second-order valence-electron chi connectivity index (χ2n) is 3.96. The first kappa shape index (κ1) is 7.60. The van der Waals surface area contributed by atoms with Crippen LogP contribution in [0.15, 0.2) is 0 Å². The van der Waals surface area contributed by atoms with Crippen LogP contribution in [0.25, 0.3) is 0 Å². The van der Waals surface area contributed by atoms with Crippen molar-refractivity contribution in [1.82, 2.24) is 5.32 Å². The van der Waals surface area contributed by atoms with Crippen LogP contribution in [-0.2, 0) is 0 Å². The van der Waals surface area contributed by atoms with Crippen molar-refractivity contribution >= 4 is 0 Å². The van der Waals surface area contributed by atoms with E-state index in [-0.39, 0.29) is 0 Å². The Morgan fingerprint density at radius 1 is 1.00 bits per heavy atom. The predicted octanol–water partition coefficient (Wildman–Crippen LogP) is 2.48. The zero-order valence-corrected chi connectivity index (χ0v) is 7.18. The van der Waals surface area contributed by atoms with Gasteiger partial charge in [-0.05, 0) is 25.2 Å². The molecule has 1 heterocycles. The first-order valence-electron chi connectivity index (χ1n) is 5.04. The molecule has 1 saturated heterocycles. The number of hydrogen-bond acceptors (Lipinski definition) is 1. The second kappa shape index (κ2) is 3.57. The Morgan fingerprint density at radius 2 is 1.82 bits per heavy atom. The highest BCUT2D eigenvalue weighted by Gasteiger charge is 2.26. The summed E-state index contributed by atoms with van der Waals surface area (Å²) >= 11 is 0. The molecule has 2 unspecified atom stereocenters. The van der Waals surface area contributed by atoms with Crippen molar-refractivity contribution < 1.29 is 0 Å². The molecule has 1 aliphatic carbocycles. The van der Waals surface area contributed by atoms with Gasteiger partial charge in [0.25, 0.3) is 0 Å². The fourth-order valence-electron chi connectivity index (χ4n) is 2.43. The zero-order valence-electron chi connectivity index (χ0n) is 7.18. The summed E-state index contributed by atoms with van der Waals surface area (Å²) in [6, 6.07) is 0.843. The van der Waals surface area contributed by atoms with E-state index in [0.29, 0.717) is 0 Å². The molecule has 0 aromatic carbocycles. The van der Waals surface area contributed by atoms with Gasteiger partial charge in [0.15, 0.2) is 0 Å². The molecule has 2 fully saturated rings. The average Bonchev–Trinajstić information content (AvgIpc) is 2.35.